The maximum Gasteiger partial charge on any atom is 0.125 e. The van der Waals surface area contributed by atoms with Crippen LogP contribution in [0, 0.1) is 13.8 Å². The molecule has 0 unspecified atom stereocenters. The molecule has 0 atom stereocenters. The normalized spacial score (nSPS) is 18.4. The molecule has 0 aromatic heterocycles. The van der Waals surface area contributed by atoms with E-state index in [2.05, 4.69) is 6.07 Å². The van der Waals surface area contributed by atoms with Gasteiger partial charge in [-0.1, -0.05) is 6.07 Å². The number of benzene rings is 1. The van der Waals surface area contributed by atoms with Crippen LogP contribution in [-0.4, -0.2) is 12.2 Å². The molecule has 1 fully saturated rings. The van der Waals surface area contributed by atoms with Crippen molar-refractivity contribution in [1.29, 1.82) is 0 Å². The van der Waals surface area contributed by atoms with Gasteiger partial charge >= 0.3 is 0 Å². The Bertz CT molecular complexity index is 378. The maximum absolute atomic E-state index is 10.4. The highest BCUT2D eigenvalue weighted by molar-refractivity contribution is 5.47. The molecule has 1 aliphatic carbocycles. The van der Waals surface area contributed by atoms with Crippen LogP contribution in [0.1, 0.15) is 36.0 Å². The minimum atomic E-state index is -0.636. The van der Waals surface area contributed by atoms with Gasteiger partial charge in [-0.2, -0.15) is 0 Å². The largest absolute Gasteiger partial charge is 0.496 e. The summed E-state index contributed by atoms with van der Waals surface area (Å²) in [5.74, 6) is 0.828. The van der Waals surface area contributed by atoms with Crippen LogP contribution in [0.5, 0.6) is 5.75 Å². The fourth-order valence-corrected chi connectivity index (χ4v) is 2.45. The number of hydrogen-bond donors (Lipinski definition) is 1. The van der Waals surface area contributed by atoms with Crippen LogP contribution in [0.3, 0.4) is 0 Å². The minimum absolute atomic E-state index is 0.636. The maximum atomic E-state index is 10.4. The lowest BCUT2D eigenvalue weighted by atomic mass is 9.73. The summed E-state index contributed by atoms with van der Waals surface area (Å²) in [5.41, 5.74) is 2.66. The summed E-state index contributed by atoms with van der Waals surface area (Å²) in [7, 11) is 1.67. The van der Waals surface area contributed by atoms with Crippen molar-refractivity contribution in [3.63, 3.8) is 0 Å². The van der Waals surface area contributed by atoms with Gasteiger partial charge < -0.3 is 9.84 Å². The number of aryl methyl sites for hydroxylation is 2. The van der Waals surface area contributed by atoms with Crippen LogP contribution in [0.15, 0.2) is 12.1 Å². The van der Waals surface area contributed by atoms with E-state index in [9.17, 15) is 5.11 Å². The predicted octanol–water partition coefficient (Wildman–Crippen LogP) is 2.68. The molecule has 0 bridgehead atoms. The molecule has 1 aromatic carbocycles. The third-order valence-electron chi connectivity index (χ3n) is 3.31. The van der Waals surface area contributed by atoms with Gasteiger partial charge in [0.25, 0.3) is 0 Å². The van der Waals surface area contributed by atoms with Crippen LogP contribution < -0.4 is 4.74 Å². The molecular weight excluding hydrogens is 188 g/mol. The zero-order chi connectivity index (χ0) is 11.1. The quantitative estimate of drug-likeness (QED) is 0.806. The van der Waals surface area contributed by atoms with E-state index < -0.39 is 5.60 Å². The lowest BCUT2D eigenvalue weighted by Gasteiger charge is -2.39. The van der Waals surface area contributed by atoms with E-state index in [1.54, 1.807) is 7.11 Å². The highest BCUT2D eigenvalue weighted by Gasteiger charge is 2.39. The molecule has 1 N–H and O–H groups in total. The van der Waals surface area contributed by atoms with Crippen molar-refractivity contribution in [2.75, 3.05) is 7.11 Å². The Labute approximate surface area is 90.9 Å². The fourth-order valence-electron chi connectivity index (χ4n) is 2.45. The molecule has 0 amide bonds. The summed E-state index contributed by atoms with van der Waals surface area (Å²) in [5, 5.41) is 10.4. The zero-order valence-electron chi connectivity index (χ0n) is 9.63. The van der Waals surface area contributed by atoms with E-state index in [1.165, 1.54) is 5.56 Å². The lowest BCUT2D eigenvalue weighted by molar-refractivity contribution is -0.0409. The van der Waals surface area contributed by atoms with Gasteiger partial charge in [0.15, 0.2) is 0 Å². The Balaban J connectivity index is 2.53. The summed E-state index contributed by atoms with van der Waals surface area (Å²) in [6, 6.07) is 4.10. The van der Waals surface area contributed by atoms with Crippen LogP contribution in [0.25, 0.3) is 0 Å². The molecule has 2 heteroatoms. The van der Waals surface area contributed by atoms with Gasteiger partial charge in [0.2, 0.25) is 0 Å². The number of aliphatic hydroxyl groups is 1. The molecule has 0 aliphatic heterocycles. The fraction of sp³-hybridized carbons (Fsp3) is 0.538. The van der Waals surface area contributed by atoms with Crippen LogP contribution in [-0.2, 0) is 5.60 Å². The first-order chi connectivity index (χ1) is 7.07. The molecule has 15 heavy (non-hydrogen) atoms. The number of hydrogen-bond acceptors (Lipinski definition) is 2. The Kier molecular flexibility index (Phi) is 2.47. The second kappa shape index (κ2) is 3.53. The third kappa shape index (κ3) is 1.63. The minimum Gasteiger partial charge on any atom is -0.496 e. The van der Waals surface area contributed by atoms with Crippen molar-refractivity contribution in [2.45, 2.75) is 38.7 Å². The van der Waals surface area contributed by atoms with Gasteiger partial charge in [-0.15, -0.1) is 0 Å². The van der Waals surface area contributed by atoms with Crippen LogP contribution in [0.2, 0.25) is 0 Å². The van der Waals surface area contributed by atoms with Crippen molar-refractivity contribution >= 4 is 0 Å². The molecule has 1 saturated carbocycles. The SMILES string of the molecule is COc1cc(C)cc(C)c1C1(O)CCC1. The van der Waals surface area contributed by atoms with Crippen molar-refractivity contribution in [3.05, 3.63) is 28.8 Å². The summed E-state index contributed by atoms with van der Waals surface area (Å²) in [4.78, 5) is 0. The van der Waals surface area contributed by atoms with Gasteiger partial charge in [0.1, 0.15) is 5.75 Å². The number of methoxy groups -OCH3 is 1. The number of ether oxygens (including phenoxy) is 1. The molecule has 1 aliphatic rings. The Morgan fingerprint density at radius 1 is 1.27 bits per heavy atom. The lowest BCUT2D eigenvalue weighted by Crippen LogP contribution is -2.34. The highest BCUT2D eigenvalue weighted by atomic mass is 16.5. The van der Waals surface area contributed by atoms with Crippen LogP contribution >= 0.6 is 0 Å². The summed E-state index contributed by atoms with van der Waals surface area (Å²) < 4.78 is 5.37. The van der Waals surface area contributed by atoms with E-state index in [4.69, 9.17) is 4.74 Å². The van der Waals surface area contributed by atoms with E-state index >= 15 is 0 Å². The molecule has 2 rings (SSSR count). The van der Waals surface area contributed by atoms with Crippen molar-refractivity contribution < 1.29 is 9.84 Å². The van der Waals surface area contributed by atoms with Gasteiger partial charge in [0.05, 0.1) is 12.7 Å². The van der Waals surface area contributed by atoms with E-state index in [0.717, 1.165) is 36.1 Å². The topological polar surface area (TPSA) is 29.5 Å². The molecule has 1 aromatic rings. The molecule has 82 valence electrons. The second-order valence-corrected chi connectivity index (χ2v) is 4.54. The van der Waals surface area contributed by atoms with Crippen molar-refractivity contribution in [1.82, 2.24) is 0 Å². The molecule has 0 spiro atoms. The van der Waals surface area contributed by atoms with Gasteiger partial charge in [0, 0.05) is 5.56 Å². The highest BCUT2D eigenvalue weighted by Crippen LogP contribution is 2.46. The number of rotatable bonds is 2. The average Bonchev–Trinajstić information content (AvgIpc) is 2.13. The Morgan fingerprint density at radius 2 is 1.93 bits per heavy atom. The first-order valence-electron chi connectivity index (χ1n) is 5.45. The van der Waals surface area contributed by atoms with E-state index in [0.29, 0.717) is 0 Å². The molecular formula is C13H18O2. The first-order valence-corrected chi connectivity index (χ1v) is 5.45. The molecule has 0 radical (unpaired) electrons. The molecule has 0 saturated heterocycles. The standard InChI is InChI=1S/C13H18O2/c1-9-7-10(2)12(11(8-9)15-3)13(14)5-4-6-13/h7-8,14H,4-6H2,1-3H3. The second-order valence-electron chi connectivity index (χ2n) is 4.54. The predicted molar refractivity (Wildman–Crippen MR) is 60.2 cm³/mol. The van der Waals surface area contributed by atoms with Gasteiger partial charge in [-0.3, -0.25) is 0 Å². The van der Waals surface area contributed by atoms with E-state index in [-0.39, 0.29) is 0 Å². The first kappa shape index (κ1) is 10.5. The summed E-state index contributed by atoms with van der Waals surface area (Å²) >= 11 is 0. The van der Waals surface area contributed by atoms with E-state index in [1.807, 2.05) is 19.9 Å². The zero-order valence-corrected chi connectivity index (χ0v) is 9.63. The smallest absolute Gasteiger partial charge is 0.125 e. The molecule has 0 heterocycles. The van der Waals surface area contributed by atoms with Crippen molar-refractivity contribution in [2.24, 2.45) is 0 Å². The summed E-state index contributed by atoms with van der Waals surface area (Å²) in [6.07, 6.45) is 2.81. The molecule has 2 nitrogen and oxygen atoms in total. The van der Waals surface area contributed by atoms with Gasteiger partial charge in [-0.05, 0) is 50.3 Å². The average molecular weight is 206 g/mol. The third-order valence-corrected chi connectivity index (χ3v) is 3.31. The summed E-state index contributed by atoms with van der Waals surface area (Å²) in [6.45, 7) is 4.09. The van der Waals surface area contributed by atoms with Crippen molar-refractivity contribution in [3.8, 4) is 5.75 Å². The van der Waals surface area contributed by atoms with Gasteiger partial charge in [-0.25, -0.2) is 0 Å². The van der Waals surface area contributed by atoms with Crippen LogP contribution in [0.4, 0.5) is 0 Å². The monoisotopic (exact) mass is 206 g/mol. The Morgan fingerprint density at radius 3 is 2.40 bits per heavy atom. The Hall–Kier alpha value is -1.02.